The van der Waals surface area contributed by atoms with E-state index in [1.807, 2.05) is 6.07 Å². The molecular weight excluding hydrogens is 184 g/mol. The van der Waals surface area contributed by atoms with Gasteiger partial charge in [0.2, 0.25) is 0 Å². The van der Waals surface area contributed by atoms with Gasteiger partial charge in [0.1, 0.15) is 11.8 Å². The van der Waals surface area contributed by atoms with E-state index >= 15 is 0 Å². The molecule has 1 aromatic rings. The standard InChI is InChI=1S/C13H20N2/c1-4-6-7-12-8-9-13(10-14)15(12)11(3)5-2/h8-9,11H,4-7H2,1-3H3. The highest BCUT2D eigenvalue weighted by Gasteiger charge is 2.11. The number of nitriles is 1. The second-order valence-electron chi connectivity index (χ2n) is 4.05. The lowest BCUT2D eigenvalue weighted by Crippen LogP contribution is -2.10. The molecule has 0 saturated carbocycles. The molecule has 1 atom stereocenters. The summed E-state index contributed by atoms with van der Waals surface area (Å²) in [4.78, 5) is 0. The number of rotatable bonds is 5. The summed E-state index contributed by atoms with van der Waals surface area (Å²) in [7, 11) is 0. The first-order valence-corrected chi connectivity index (χ1v) is 5.84. The summed E-state index contributed by atoms with van der Waals surface area (Å²) >= 11 is 0. The third kappa shape index (κ3) is 2.62. The lowest BCUT2D eigenvalue weighted by atomic mass is 10.2. The van der Waals surface area contributed by atoms with Crippen LogP contribution in [-0.2, 0) is 6.42 Å². The summed E-state index contributed by atoms with van der Waals surface area (Å²) in [5.74, 6) is 0. The Balaban J connectivity index is 2.96. The van der Waals surface area contributed by atoms with Gasteiger partial charge in [-0.1, -0.05) is 20.3 Å². The molecule has 0 fully saturated rings. The maximum atomic E-state index is 9.03. The van der Waals surface area contributed by atoms with Crippen molar-refractivity contribution in [2.45, 2.75) is 52.5 Å². The second-order valence-corrected chi connectivity index (χ2v) is 4.05. The molecule has 0 spiro atoms. The fourth-order valence-electron chi connectivity index (χ4n) is 1.85. The molecule has 1 heterocycles. The molecule has 0 bridgehead atoms. The summed E-state index contributed by atoms with van der Waals surface area (Å²) in [6.07, 6.45) is 4.56. The number of hydrogen-bond acceptors (Lipinski definition) is 1. The van der Waals surface area contributed by atoms with Gasteiger partial charge in [0.05, 0.1) is 0 Å². The molecule has 0 aromatic carbocycles. The number of unbranched alkanes of at least 4 members (excludes halogenated alkanes) is 1. The van der Waals surface area contributed by atoms with Crippen molar-refractivity contribution in [1.82, 2.24) is 4.57 Å². The van der Waals surface area contributed by atoms with E-state index in [0.29, 0.717) is 6.04 Å². The molecule has 0 aliphatic carbocycles. The minimum Gasteiger partial charge on any atom is -0.334 e. The molecule has 0 amide bonds. The van der Waals surface area contributed by atoms with E-state index in [0.717, 1.165) is 18.5 Å². The van der Waals surface area contributed by atoms with E-state index in [2.05, 4.69) is 37.5 Å². The summed E-state index contributed by atoms with van der Waals surface area (Å²) in [5, 5.41) is 9.03. The Morgan fingerprint density at radius 3 is 2.67 bits per heavy atom. The second kappa shape index (κ2) is 5.60. The zero-order valence-electron chi connectivity index (χ0n) is 9.95. The van der Waals surface area contributed by atoms with Gasteiger partial charge in [-0.05, 0) is 38.3 Å². The highest BCUT2D eigenvalue weighted by molar-refractivity contribution is 5.28. The van der Waals surface area contributed by atoms with Crippen molar-refractivity contribution in [1.29, 1.82) is 5.26 Å². The van der Waals surface area contributed by atoms with Crippen LogP contribution in [0.15, 0.2) is 12.1 Å². The lowest BCUT2D eigenvalue weighted by Gasteiger charge is -2.16. The SMILES string of the molecule is CCCCc1ccc(C#N)n1C(C)CC. The molecule has 0 aliphatic rings. The highest BCUT2D eigenvalue weighted by Crippen LogP contribution is 2.20. The Hall–Kier alpha value is -1.23. The van der Waals surface area contributed by atoms with E-state index in [1.165, 1.54) is 18.5 Å². The van der Waals surface area contributed by atoms with Gasteiger partial charge >= 0.3 is 0 Å². The van der Waals surface area contributed by atoms with Gasteiger partial charge in [0, 0.05) is 11.7 Å². The van der Waals surface area contributed by atoms with Crippen LogP contribution in [-0.4, -0.2) is 4.57 Å². The van der Waals surface area contributed by atoms with Crippen LogP contribution >= 0.6 is 0 Å². The van der Waals surface area contributed by atoms with Crippen molar-refractivity contribution in [2.24, 2.45) is 0 Å². The normalized spacial score (nSPS) is 12.4. The summed E-state index contributed by atoms with van der Waals surface area (Å²) in [5.41, 5.74) is 2.11. The van der Waals surface area contributed by atoms with Crippen LogP contribution in [0.25, 0.3) is 0 Å². The maximum absolute atomic E-state index is 9.03. The fraction of sp³-hybridized carbons (Fsp3) is 0.615. The predicted octanol–water partition coefficient (Wildman–Crippen LogP) is 3.67. The molecule has 2 heteroatoms. The summed E-state index contributed by atoms with van der Waals surface area (Å²) in [6.45, 7) is 6.54. The third-order valence-corrected chi connectivity index (χ3v) is 2.94. The third-order valence-electron chi connectivity index (χ3n) is 2.94. The van der Waals surface area contributed by atoms with Crippen LogP contribution in [0.1, 0.15) is 57.5 Å². The van der Waals surface area contributed by atoms with Gasteiger partial charge in [-0.15, -0.1) is 0 Å². The van der Waals surface area contributed by atoms with Crippen molar-refractivity contribution in [3.8, 4) is 6.07 Å². The van der Waals surface area contributed by atoms with E-state index < -0.39 is 0 Å². The minimum atomic E-state index is 0.432. The summed E-state index contributed by atoms with van der Waals surface area (Å²) in [6, 6.07) is 6.74. The highest BCUT2D eigenvalue weighted by atomic mass is 15.0. The first kappa shape index (κ1) is 11.8. The molecule has 0 N–H and O–H groups in total. The van der Waals surface area contributed by atoms with Gasteiger partial charge in [-0.25, -0.2) is 0 Å². The van der Waals surface area contributed by atoms with Crippen molar-refractivity contribution in [3.63, 3.8) is 0 Å². The Labute approximate surface area is 92.5 Å². The first-order valence-electron chi connectivity index (χ1n) is 5.84. The Bertz CT molecular complexity index is 344. The van der Waals surface area contributed by atoms with Crippen molar-refractivity contribution in [3.05, 3.63) is 23.5 Å². The van der Waals surface area contributed by atoms with Crippen LogP contribution in [0, 0.1) is 11.3 Å². The van der Waals surface area contributed by atoms with Crippen LogP contribution in [0.5, 0.6) is 0 Å². The molecule has 1 rings (SSSR count). The molecule has 15 heavy (non-hydrogen) atoms. The minimum absolute atomic E-state index is 0.432. The Morgan fingerprint density at radius 2 is 2.13 bits per heavy atom. The van der Waals surface area contributed by atoms with Crippen molar-refractivity contribution < 1.29 is 0 Å². The number of aryl methyl sites for hydroxylation is 1. The molecule has 0 aliphatic heterocycles. The Kier molecular flexibility index (Phi) is 4.42. The zero-order chi connectivity index (χ0) is 11.3. The van der Waals surface area contributed by atoms with Crippen LogP contribution in [0.4, 0.5) is 0 Å². The molecule has 1 aromatic heterocycles. The number of aromatic nitrogens is 1. The van der Waals surface area contributed by atoms with Crippen LogP contribution < -0.4 is 0 Å². The molecule has 82 valence electrons. The van der Waals surface area contributed by atoms with Gasteiger partial charge < -0.3 is 4.57 Å². The van der Waals surface area contributed by atoms with E-state index in [9.17, 15) is 0 Å². The van der Waals surface area contributed by atoms with Crippen molar-refractivity contribution >= 4 is 0 Å². The van der Waals surface area contributed by atoms with Crippen LogP contribution in [0.3, 0.4) is 0 Å². The topological polar surface area (TPSA) is 28.7 Å². The Morgan fingerprint density at radius 1 is 1.40 bits per heavy atom. The van der Waals surface area contributed by atoms with Gasteiger partial charge in [-0.2, -0.15) is 5.26 Å². The number of hydrogen-bond donors (Lipinski definition) is 0. The van der Waals surface area contributed by atoms with E-state index in [4.69, 9.17) is 5.26 Å². The largest absolute Gasteiger partial charge is 0.334 e. The molecule has 0 saturated heterocycles. The molecular formula is C13H20N2. The van der Waals surface area contributed by atoms with E-state index in [-0.39, 0.29) is 0 Å². The smallest absolute Gasteiger partial charge is 0.120 e. The average molecular weight is 204 g/mol. The monoisotopic (exact) mass is 204 g/mol. The van der Waals surface area contributed by atoms with Gasteiger partial charge in [0.25, 0.3) is 0 Å². The summed E-state index contributed by atoms with van der Waals surface area (Å²) < 4.78 is 2.19. The average Bonchev–Trinajstić information content (AvgIpc) is 2.68. The lowest BCUT2D eigenvalue weighted by molar-refractivity contribution is 0.506. The predicted molar refractivity (Wildman–Crippen MR) is 62.8 cm³/mol. The molecule has 1 unspecified atom stereocenters. The quantitative estimate of drug-likeness (QED) is 0.719. The van der Waals surface area contributed by atoms with Crippen molar-refractivity contribution in [2.75, 3.05) is 0 Å². The zero-order valence-corrected chi connectivity index (χ0v) is 9.95. The molecule has 0 radical (unpaired) electrons. The van der Waals surface area contributed by atoms with Crippen LogP contribution in [0.2, 0.25) is 0 Å². The fourth-order valence-corrected chi connectivity index (χ4v) is 1.85. The van der Waals surface area contributed by atoms with Gasteiger partial charge in [-0.3, -0.25) is 0 Å². The molecule has 2 nitrogen and oxygen atoms in total. The first-order chi connectivity index (χ1) is 7.24. The van der Waals surface area contributed by atoms with E-state index in [1.54, 1.807) is 0 Å². The number of nitrogens with zero attached hydrogens (tertiary/aromatic N) is 2. The maximum Gasteiger partial charge on any atom is 0.120 e. The van der Waals surface area contributed by atoms with Gasteiger partial charge in [0.15, 0.2) is 0 Å².